The summed E-state index contributed by atoms with van der Waals surface area (Å²) in [5.74, 6) is 0. The Morgan fingerprint density at radius 1 is 0.750 bits per heavy atom. The van der Waals surface area contributed by atoms with Gasteiger partial charge in [-0.1, -0.05) is 72.3 Å². The summed E-state index contributed by atoms with van der Waals surface area (Å²) < 4.78 is 0. The molecule has 0 radical (unpaired) electrons. The molecule has 3 aromatic rings. The Morgan fingerprint density at radius 3 is 2.35 bits per heavy atom. The van der Waals surface area contributed by atoms with E-state index in [2.05, 4.69) is 79.0 Å². The predicted octanol–water partition coefficient (Wildman–Crippen LogP) is 3.41. The molecule has 1 nitrogen and oxygen atoms in total. The molecule has 0 aliphatic rings. The monoisotopic (exact) mass is 262 g/mol. The highest BCUT2D eigenvalue weighted by Crippen LogP contribution is 2.17. The van der Waals surface area contributed by atoms with Gasteiger partial charge in [-0.15, -0.1) is 0 Å². The van der Waals surface area contributed by atoms with Gasteiger partial charge in [0.25, 0.3) is 0 Å². The van der Waals surface area contributed by atoms with Crippen molar-refractivity contribution in [1.29, 1.82) is 0 Å². The van der Waals surface area contributed by atoms with Gasteiger partial charge in [0.1, 0.15) is 13.1 Å². The van der Waals surface area contributed by atoms with Gasteiger partial charge in [0, 0.05) is 11.1 Å². The first kappa shape index (κ1) is 12.9. The highest BCUT2D eigenvalue weighted by Gasteiger charge is 2.02. The van der Waals surface area contributed by atoms with Crippen molar-refractivity contribution in [3.63, 3.8) is 0 Å². The lowest BCUT2D eigenvalue weighted by molar-refractivity contribution is -0.686. The van der Waals surface area contributed by atoms with E-state index >= 15 is 0 Å². The van der Waals surface area contributed by atoms with Crippen LogP contribution in [0.25, 0.3) is 10.8 Å². The van der Waals surface area contributed by atoms with Crippen LogP contribution in [-0.4, -0.2) is 0 Å². The second-order valence-corrected chi connectivity index (χ2v) is 5.32. The molecule has 0 atom stereocenters. The van der Waals surface area contributed by atoms with Crippen molar-refractivity contribution >= 4 is 10.8 Å². The maximum atomic E-state index is 2.37. The Labute approximate surface area is 120 Å². The minimum Gasteiger partial charge on any atom is -0.339 e. The molecule has 0 bridgehead atoms. The van der Waals surface area contributed by atoms with Crippen LogP contribution in [0.4, 0.5) is 0 Å². The molecule has 0 spiro atoms. The lowest BCUT2D eigenvalue weighted by Crippen LogP contribution is -2.80. The molecule has 1 heteroatoms. The first-order valence-corrected chi connectivity index (χ1v) is 7.17. The summed E-state index contributed by atoms with van der Waals surface area (Å²) in [4.78, 5) is 0. The van der Waals surface area contributed by atoms with E-state index in [0.717, 1.165) is 13.1 Å². The third-order valence-electron chi connectivity index (χ3n) is 3.74. The fourth-order valence-electron chi connectivity index (χ4n) is 2.59. The molecule has 3 aromatic carbocycles. The van der Waals surface area contributed by atoms with Gasteiger partial charge in [0.05, 0.1) is 0 Å². The highest BCUT2D eigenvalue weighted by molar-refractivity contribution is 5.85. The molecule has 0 fully saturated rings. The van der Waals surface area contributed by atoms with Crippen molar-refractivity contribution in [2.24, 2.45) is 0 Å². The predicted molar refractivity (Wildman–Crippen MR) is 84.5 cm³/mol. The summed E-state index contributed by atoms with van der Waals surface area (Å²) >= 11 is 0. The van der Waals surface area contributed by atoms with Crippen molar-refractivity contribution in [3.05, 3.63) is 83.4 Å². The fraction of sp³-hybridized carbons (Fsp3) is 0.158. The number of hydrogen-bond acceptors (Lipinski definition) is 0. The summed E-state index contributed by atoms with van der Waals surface area (Å²) in [5.41, 5.74) is 4.12. The summed E-state index contributed by atoms with van der Waals surface area (Å²) in [6.45, 7) is 4.18. The first-order valence-electron chi connectivity index (χ1n) is 7.17. The van der Waals surface area contributed by atoms with Crippen LogP contribution >= 0.6 is 0 Å². The molecular weight excluding hydrogens is 242 g/mol. The number of rotatable bonds is 4. The number of hydrogen-bond donors (Lipinski definition) is 1. The minimum atomic E-state index is 1.02. The van der Waals surface area contributed by atoms with Gasteiger partial charge in [-0.05, 0) is 17.7 Å². The third kappa shape index (κ3) is 2.89. The van der Waals surface area contributed by atoms with E-state index < -0.39 is 0 Å². The first-order chi connectivity index (χ1) is 9.83. The molecular formula is C19H20N+. The highest BCUT2D eigenvalue weighted by atomic mass is 14.8. The van der Waals surface area contributed by atoms with Crippen LogP contribution in [-0.2, 0) is 13.1 Å². The quantitative estimate of drug-likeness (QED) is 0.742. The largest absolute Gasteiger partial charge is 0.339 e. The lowest BCUT2D eigenvalue weighted by Gasteiger charge is -2.06. The maximum Gasteiger partial charge on any atom is 0.102 e. The van der Waals surface area contributed by atoms with Crippen molar-refractivity contribution in [2.45, 2.75) is 20.0 Å². The van der Waals surface area contributed by atoms with Crippen LogP contribution in [0, 0.1) is 6.92 Å². The third-order valence-corrected chi connectivity index (χ3v) is 3.74. The Bertz CT molecular complexity index is 693. The van der Waals surface area contributed by atoms with Gasteiger partial charge in [0.2, 0.25) is 0 Å². The van der Waals surface area contributed by atoms with Gasteiger partial charge < -0.3 is 5.32 Å². The van der Waals surface area contributed by atoms with Crippen LogP contribution in [0.2, 0.25) is 0 Å². The minimum absolute atomic E-state index is 1.02. The van der Waals surface area contributed by atoms with Crippen LogP contribution in [0.3, 0.4) is 0 Å². The second-order valence-electron chi connectivity index (χ2n) is 5.32. The van der Waals surface area contributed by atoms with Gasteiger partial charge in [-0.25, -0.2) is 0 Å². The summed E-state index contributed by atoms with van der Waals surface area (Å²) in [7, 11) is 0. The van der Waals surface area contributed by atoms with E-state index in [-0.39, 0.29) is 0 Å². The van der Waals surface area contributed by atoms with E-state index in [0.29, 0.717) is 0 Å². The molecule has 2 N–H and O–H groups in total. The Hall–Kier alpha value is -2.12. The SMILES string of the molecule is Cc1ccc(C[NH2+]Cc2cccc3ccccc23)cc1. The lowest BCUT2D eigenvalue weighted by atomic mass is 10.0. The molecule has 0 saturated heterocycles. The van der Waals surface area contributed by atoms with E-state index in [9.17, 15) is 0 Å². The van der Waals surface area contributed by atoms with Crippen molar-refractivity contribution in [2.75, 3.05) is 0 Å². The smallest absolute Gasteiger partial charge is 0.102 e. The fourth-order valence-corrected chi connectivity index (χ4v) is 2.59. The number of benzene rings is 3. The van der Waals surface area contributed by atoms with Crippen molar-refractivity contribution in [1.82, 2.24) is 0 Å². The Morgan fingerprint density at radius 2 is 1.50 bits per heavy atom. The molecule has 0 heterocycles. The van der Waals surface area contributed by atoms with Crippen molar-refractivity contribution in [3.8, 4) is 0 Å². The van der Waals surface area contributed by atoms with E-state index in [1.165, 1.54) is 27.5 Å². The molecule has 0 unspecified atom stereocenters. The zero-order valence-electron chi connectivity index (χ0n) is 11.8. The molecule has 0 saturated carbocycles. The van der Waals surface area contributed by atoms with Gasteiger partial charge in [0.15, 0.2) is 0 Å². The average Bonchev–Trinajstić information content (AvgIpc) is 2.49. The second kappa shape index (κ2) is 5.89. The molecule has 0 aliphatic heterocycles. The maximum absolute atomic E-state index is 2.37. The molecule has 3 rings (SSSR count). The molecule has 0 aromatic heterocycles. The molecule has 0 amide bonds. The van der Waals surface area contributed by atoms with Gasteiger partial charge in [-0.3, -0.25) is 0 Å². The summed E-state index contributed by atoms with van der Waals surface area (Å²) in [6.07, 6.45) is 0. The Kier molecular flexibility index (Phi) is 3.80. The van der Waals surface area contributed by atoms with E-state index in [1.807, 2.05) is 0 Å². The number of nitrogens with two attached hydrogens (primary N) is 1. The van der Waals surface area contributed by atoms with Gasteiger partial charge in [-0.2, -0.15) is 0 Å². The number of fused-ring (bicyclic) bond motifs is 1. The number of quaternary nitrogens is 1. The molecule has 100 valence electrons. The topological polar surface area (TPSA) is 16.6 Å². The van der Waals surface area contributed by atoms with Crippen LogP contribution in [0.5, 0.6) is 0 Å². The van der Waals surface area contributed by atoms with Crippen LogP contribution < -0.4 is 5.32 Å². The molecule has 0 aliphatic carbocycles. The Balaban J connectivity index is 1.69. The van der Waals surface area contributed by atoms with Crippen LogP contribution in [0.15, 0.2) is 66.7 Å². The summed E-state index contributed by atoms with van der Waals surface area (Å²) in [5, 5.41) is 5.07. The van der Waals surface area contributed by atoms with E-state index in [1.54, 1.807) is 0 Å². The normalized spacial score (nSPS) is 10.8. The van der Waals surface area contributed by atoms with E-state index in [4.69, 9.17) is 0 Å². The number of aryl methyl sites for hydroxylation is 1. The van der Waals surface area contributed by atoms with Crippen molar-refractivity contribution < 1.29 is 5.32 Å². The zero-order valence-corrected chi connectivity index (χ0v) is 11.8. The standard InChI is InChI=1S/C19H19N/c1-15-9-11-16(12-10-15)13-20-14-18-7-4-6-17-5-2-3-8-19(17)18/h2-12,20H,13-14H2,1H3/p+1. The van der Waals surface area contributed by atoms with Gasteiger partial charge >= 0.3 is 0 Å². The van der Waals surface area contributed by atoms with Crippen LogP contribution in [0.1, 0.15) is 16.7 Å². The molecule has 20 heavy (non-hydrogen) atoms. The zero-order chi connectivity index (χ0) is 13.8. The summed E-state index contributed by atoms with van der Waals surface area (Å²) in [6, 6.07) is 24.0. The average molecular weight is 262 g/mol.